The second-order valence-corrected chi connectivity index (χ2v) is 1.54. The molecular weight excluding hydrogens is 153 g/mol. The van der Waals surface area contributed by atoms with Crippen LogP contribution in [0.3, 0.4) is 0 Å². The Morgan fingerprint density at radius 1 is 1.14 bits per heavy atom. The molecule has 0 radical (unpaired) electrons. The first-order valence-electron chi connectivity index (χ1n) is 0.783. The van der Waals surface area contributed by atoms with Gasteiger partial charge in [-0.1, -0.05) is 0 Å². The molecule has 0 heterocycles. The summed E-state index contributed by atoms with van der Waals surface area (Å²) >= 11 is 0. The van der Waals surface area contributed by atoms with E-state index >= 15 is 0 Å². The Bertz CT molecular complexity index is 57.8. The molecule has 0 aromatic heterocycles. The van der Waals surface area contributed by atoms with Crippen molar-refractivity contribution >= 4 is 59.2 Å². The van der Waals surface area contributed by atoms with Crippen molar-refractivity contribution in [3.63, 3.8) is 0 Å². The van der Waals surface area contributed by atoms with Crippen molar-refractivity contribution in [2.75, 3.05) is 0 Å². The Kier molecular flexibility index (Phi) is 13.2. The zero-order chi connectivity index (χ0) is 4.50. The SMILES string of the molecule is F.O=P(O)(O)O.[KH]. The third-order valence-corrected chi connectivity index (χ3v) is 0. The predicted octanol–water partition coefficient (Wildman–Crippen LogP) is -1.42. The summed E-state index contributed by atoms with van der Waals surface area (Å²) < 4.78 is 8.88. The van der Waals surface area contributed by atoms with Gasteiger partial charge >= 0.3 is 59.2 Å². The van der Waals surface area contributed by atoms with Gasteiger partial charge < -0.3 is 14.7 Å². The summed E-state index contributed by atoms with van der Waals surface area (Å²) in [7, 11) is -4.64. The van der Waals surface area contributed by atoms with Crippen LogP contribution in [0.1, 0.15) is 0 Å². The van der Waals surface area contributed by atoms with E-state index in [9.17, 15) is 0 Å². The Hall–Kier alpha value is 1.68. The van der Waals surface area contributed by atoms with Crippen molar-refractivity contribution < 1.29 is 23.9 Å². The molecule has 0 amide bonds. The van der Waals surface area contributed by atoms with Crippen molar-refractivity contribution in [1.29, 1.82) is 0 Å². The normalized spacial score (nSPS) is 8.43. The molecule has 0 bridgehead atoms. The monoisotopic (exact) mass is 158 g/mol. The average Bonchev–Trinajstić information content (AvgIpc) is 0.722. The zero-order valence-corrected chi connectivity index (χ0v) is 3.50. The van der Waals surface area contributed by atoms with E-state index in [2.05, 4.69) is 0 Å². The van der Waals surface area contributed by atoms with Crippen LogP contribution >= 0.6 is 7.82 Å². The van der Waals surface area contributed by atoms with Gasteiger partial charge in [0.05, 0.1) is 0 Å². The van der Waals surface area contributed by atoms with Crippen LogP contribution in [0, 0.1) is 0 Å². The molecule has 0 fully saturated rings. The van der Waals surface area contributed by atoms with Crippen LogP contribution in [0.5, 0.6) is 0 Å². The molecule has 0 rings (SSSR count). The first kappa shape index (κ1) is 15.9. The molecule has 0 saturated heterocycles. The maximum absolute atomic E-state index is 8.88. The molecule has 7 heteroatoms. The first-order chi connectivity index (χ1) is 2.00. The molecule has 42 valence electrons. The van der Waals surface area contributed by atoms with Crippen LogP contribution in [0.2, 0.25) is 0 Å². The Morgan fingerprint density at radius 2 is 1.14 bits per heavy atom. The van der Waals surface area contributed by atoms with E-state index in [-0.39, 0.29) is 56.1 Å². The summed E-state index contributed by atoms with van der Waals surface area (Å²) in [5.74, 6) is 0. The fourth-order valence-corrected chi connectivity index (χ4v) is 0. The molecule has 7 heavy (non-hydrogen) atoms. The van der Waals surface area contributed by atoms with Crippen molar-refractivity contribution in [3.8, 4) is 0 Å². The van der Waals surface area contributed by atoms with Gasteiger partial charge in [-0.25, -0.2) is 4.57 Å². The Balaban J connectivity index is -0.0000000800. The van der Waals surface area contributed by atoms with Crippen LogP contribution in [0.15, 0.2) is 0 Å². The summed E-state index contributed by atoms with van der Waals surface area (Å²) in [6, 6.07) is 0. The Morgan fingerprint density at radius 3 is 1.14 bits per heavy atom. The molecule has 0 aliphatic carbocycles. The summed E-state index contributed by atoms with van der Waals surface area (Å²) in [5, 5.41) is 0. The van der Waals surface area contributed by atoms with E-state index in [1.807, 2.05) is 0 Å². The predicted molar refractivity (Wildman–Crippen MR) is 23.9 cm³/mol. The molecule has 0 spiro atoms. The second kappa shape index (κ2) is 5.81. The standard InChI is InChI=1S/FH.K.H3O4P.H/c;;1-5(2,3)4;/h1H;;(H3,1,2,3,4);. The summed E-state index contributed by atoms with van der Waals surface area (Å²) in [6.45, 7) is 0. The Labute approximate surface area is 82.0 Å². The number of rotatable bonds is 0. The topological polar surface area (TPSA) is 77.8 Å². The minimum absolute atomic E-state index is 0. The number of hydrogen-bond acceptors (Lipinski definition) is 1. The number of hydrogen-bond donors (Lipinski definition) is 3. The molecule has 0 saturated carbocycles. The molecule has 0 atom stereocenters. The molecule has 4 nitrogen and oxygen atoms in total. The number of halogens is 1. The molecule has 3 N–H and O–H groups in total. The van der Waals surface area contributed by atoms with Crippen LogP contribution < -0.4 is 0 Å². The van der Waals surface area contributed by atoms with Gasteiger partial charge in [-0.2, -0.15) is 0 Å². The van der Waals surface area contributed by atoms with E-state index in [0.717, 1.165) is 0 Å². The van der Waals surface area contributed by atoms with Gasteiger partial charge in [-0.15, -0.1) is 0 Å². The third-order valence-electron chi connectivity index (χ3n) is 0. The summed E-state index contributed by atoms with van der Waals surface area (Å²) in [5.41, 5.74) is 0. The van der Waals surface area contributed by atoms with Crippen LogP contribution in [0.4, 0.5) is 4.70 Å². The van der Waals surface area contributed by atoms with Crippen molar-refractivity contribution in [3.05, 3.63) is 0 Å². The maximum atomic E-state index is 8.88. The van der Waals surface area contributed by atoms with Crippen LogP contribution in [-0.4, -0.2) is 66.1 Å². The fraction of sp³-hybridized carbons (Fsp3) is 0. The quantitative estimate of drug-likeness (QED) is 0.298. The molecule has 0 aromatic rings. The van der Waals surface area contributed by atoms with Gasteiger partial charge in [-0.3, -0.25) is 4.70 Å². The molecule has 0 aromatic carbocycles. The van der Waals surface area contributed by atoms with E-state index in [1.54, 1.807) is 0 Å². The average molecular weight is 158 g/mol. The van der Waals surface area contributed by atoms with E-state index in [1.165, 1.54) is 0 Å². The van der Waals surface area contributed by atoms with Crippen LogP contribution in [-0.2, 0) is 4.57 Å². The van der Waals surface area contributed by atoms with Crippen molar-refractivity contribution in [1.82, 2.24) is 0 Å². The molecule has 0 aliphatic heterocycles. The van der Waals surface area contributed by atoms with Gasteiger partial charge in [0.1, 0.15) is 0 Å². The minimum atomic E-state index is -4.64. The molecular formula is H5FKO4P. The fourth-order valence-electron chi connectivity index (χ4n) is 0. The third kappa shape index (κ3) is 88.0. The summed E-state index contributed by atoms with van der Waals surface area (Å²) in [6.07, 6.45) is 0. The van der Waals surface area contributed by atoms with E-state index in [0.29, 0.717) is 0 Å². The molecule has 0 unspecified atom stereocenters. The van der Waals surface area contributed by atoms with Gasteiger partial charge in [-0.05, 0) is 0 Å². The van der Waals surface area contributed by atoms with Gasteiger partial charge in [0.25, 0.3) is 0 Å². The zero-order valence-electron chi connectivity index (χ0n) is 2.61. The second-order valence-electron chi connectivity index (χ2n) is 0.513. The van der Waals surface area contributed by atoms with Crippen molar-refractivity contribution in [2.24, 2.45) is 0 Å². The van der Waals surface area contributed by atoms with Crippen LogP contribution in [0.25, 0.3) is 0 Å². The van der Waals surface area contributed by atoms with Gasteiger partial charge in [0, 0.05) is 0 Å². The van der Waals surface area contributed by atoms with Crippen molar-refractivity contribution in [2.45, 2.75) is 0 Å². The first-order valence-corrected chi connectivity index (χ1v) is 2.35. The van der Waals surface area contributed by atoms with Gasteiger partial charge in [0.15, 0.2) is 0 Å². The van der Waals surface area contributed by atoms with Gasteiger partial charge in [0.2, 0.25) is 0 Å². The molecule has 0 aliphatic rings. The number of phosphoric acid groups is 1. The summed E-state index contributed by atoms with van der Waals surface area (Å²) in [4.78, 5) is 21.6. The van der Waals surface area contributed by atoms with E-state index < -0.39 is 7.82 Å². The van der Waals surface area contributed by atoms with E-state index in [4.69, 9.17) is 19.2 Å².